The highest BCUT2D eigenvalue weighted by Crippen LogP contribution is 2.17. The lowest BCUT2D eigenvalue weighted by molar-refractivity contribution is -0.123. The Morgan fingerprint density at radius 3 is 2.54 bits per heavy atom. The minimum atomic E-state index is -0.290. The van der Waals surface area contributed by atoms with Crippen molar-refractivity contribution < 1.29 is 14.4 Å². The van der Waals surface area contributed by atoms with Gasteiger partial charge in [0, 0.05) is 37.1 Å². The molecule has 0 atom stereocenters. The van der Waals surface area contributed by atoms with E-state index in [0.717, 1.165) is 5.56 Å². The summed E-state index contributed by atoms with van der Waals surface area (Å²) in [6.07, 6.45) is 3.32. The Bertz CT molecular complexity index is 744. The van der Waals surface area contributed by atoms with E-state index < -0.39 is 0 Å². The van der Waals surface area contributed by atoms with Gasteiger partial charge in [-0.05, 0) is 30.7 Å². The van der Waals surface area contributed by atoms with Crippen LogP contribution in [0.3, 0.4) is 0 Å². The van der Waals surface area contributed by atoms with Gasteiger partial charge in [-0.1, -0.05) is 18.2 Å². The van der Waals surface area contributed by atoms with Gasteiger partial charge in [0.25, 0.3) is 0 Å². The van der Waals surface area contributed by atoms with E-state index in [0.29, 0.717) is 17.8 Å². The zero-order chi connectivity index (χ0) is 17.5. The second-order valence-electron chi connectivity index (χ2n) is 5.35. The first-order valence-electron chi connectivity index (χ1n) is 7.52. The first-order chi connectivity index (χ1) is 11.5. The average Bonchev–Trinajstić information content (AvgIpc) is 2.58. The largest absolute Gasteiger partial charge is 0.350 e. The molecule has 0 saturated heterocycles. The van der Waals surface area contributed by atoms with Crippen molar-refractivity contribution in [2.75, 3.05) is 11.4 Å². The third-order valence-corrected chi connectivity index (χ3v) is 3.46. The predicted octanol–water partition coefficient (Wildman–Crippen LogP) is 1.95. The number of aromatic nitrogens is 1. The standard InChI is InChI=1S/C18H19N3O3/c1-13(22)16-6-3-7-17(9-16)21(14(2)23)12-18(24)20-11-15-5-4-8-19-10-15/h3-10H,11-12H2,1-2H3,(H,20,24). The van der Waals surface area contributed by atoms with E-state index in [1.54, 1.807) is 42.7 Å². The van der Waals surface area contributed by atoms with Gasteiger partial charge in [0.15, 0.2) is 5.78 Å². The van der Waals surface area contributed by atoms with Crippen LogP contribution in [0.25, 0.3) is 0 Å². The molecule has 0 spiro atoms. The molecular weight excluding hydrogens is 306 g/mol. The van der Waals surface area contributed by atoms with Crippen molar-refractivity contribution in [3.05, 3.63) is 59.9 Å². The molecule has 2 aromatic rings. The first kappa shape index (κ1) is 17.3. The molecule has 0 aliphatic carbocycles. The van der Waals surface area contributed by atoms with Crippen LogP contribution in [0.1, 0.15) is 29.8 Å². The fourth-order valence-electron chi connectivity index (χ4n) is 2.18. The average molecular weight is 325 g/mol. The summed E-state index contributed by atoms with van der Waals surface area (Å²) in [7, 11) is 0. The summed E-state index contributed by atoms with van der Waals surface area (Å²) in [5.74, 6) is -0.657. The zero-order valence-electron chi connectivity index (χ0n) is 13.7. The van der Waals surface area contributed by atoms with Gasteiger partial charge in [-0.25, -0.2) is 0 Å². The lowest BCUT2D eigenvalue weighted by Gasteiger charge is -2.21. The number of nitrogens with zero attached hydrogens (tertiary/aromatic N) is 2. The van der Waals surface area contributed by atoms with E-state index >= 15 is 0 Å². The lowest BCUT2D eigenvalue weighted by Crippen LogP contribution is -2.39. The molecule has 6 heteroatoms. The second-order valence-corrected chi connectivity index (χ2v) is 5.35. The van der Waals surface area contributed by atoms with Crippen LogP contribution in [-0.2, 0) is 16.1 Å². The minimum absolute atomic E-state index is 0.0959. The molecule has 2 amide bonds. The summed E-state index contributed by atoms with van der Waals surface area (Å²) in [5.41, 5.74) is 1.89. The van der Waals surface area contributed by atoms with Crippen molar-refractivity contribution in [3.63, 3.8) is 0 Å². The molecule has 2 rings (SSSR count). The molecule has 1 N–H and O–H groups in total. The smallest absolute Gasteiger partial charge is 0.240 e. The summed E-state index contributed by atoms with van der Waals surface area (Å²) in [4.78, 5) is 40.8. The van der Waals surface area contributed by atoms with Crippen LogP contribution in [0.2, 0.25) is 0 Å². The molecule has 0 saturated carbocycles. The Morgan fingerprint density at radius 2 is 1.92 bits per heavy atom. The van der Waals surface area contributed by atoms with Gasteiger partial charge in [-0.15, -0.1) is 0 Å². The van der Waals surface area contributed by atoms with E-state index in [9.17, 15) is 14.4 Å². The van der Waals surface area contributed by atoms with Crippen molar-refractivity contribution in [1.82, 2.24) is 10.3 Å². The number of Topliss-reactive ketones (excluding diaryl/α,β-unsaturated/α-hetero) is 1. The molecule has 0 fully saturated rings. The molecule has 24 heavy (non-hydrogen) atoms. The summed E-state index contributed by atoms with van der Waals surface area (Å²) in [5, 5.41) is 2.75. The van der Waals surface area contributed by atoms with Crippen molar-refractivity contribution in [1.29, 1.82) is 0 Å². The van der Waals surface area contributed by atoms with Gasteiger partial charge in [0.05, 0.1) is 0 Å². The number of carbonyl (C=O) groups is 3. The third-order valence-electron chi connectivity index (χ3n) is 3.46. The Balaban J connectivity index is 2.05. The minimum Gasteiger partial charge on any atom is -0.350 e. The van der Waals surface area contributed by atoms with Gasteiger partial charge >= 0.3 is 0 Å². The maximum absolute atomic E-state index is 12.1. The van der Waals surface area contributed by atoms with Gasteiger partial charge < -0.3 is 10.2 Å². The fraction of sp³-hybridized carbons (Fsp3) is 0.222. The topological polar surface area (TPSA) is 79.4 Å². The number of hydrogen-bond donors (Lipinski definition) is 1. The lowest BCUT2D eigenvalue weighted by atomic mass is 10.1. The molecule has 124 valence electrons. The van der Waals surface area contributed by atoms with E-state index in [1.165, 1.54) is 18.7 Å². The summed E-state index contributed by atoms with van der Waals surface area (Å²) in [6.45, 7) is 3.06. The predicted molar refractivity (Wildman–Crippen MR) is 90.6 cm³/mol. The molecule has 6 nitrogen and oxygen atoms in total. The van der Waals surface area contributed by atoms with Crippen LogP contribution < -0.4 is 10.2 Å². The molecule has 1 aromatic carbocycles. The number of rotatable bonds is 6. The highest BCUT2D eigenvalue weighted by Gasteiger charge is 2.16. The quantitative estimate of drug-likeness (QED) is 0.823. The van der Waals surface area contributed by atoms with Gasteiger partial charge in [0.1, 0.15) is 6.54 Å². The summed E-state index contributed by atoms with van der Waals surface area (Å²) in [6, 6.07) is 10.3. The van der Waals surface area contributed by atoms with Crippen LogP contribution in [0.5, 0.6) is 0 Å². The number of nitrogens with one attached hydrogen (secondary N) is 1. The normalized spacial score (nSPS) is 10.1. The van der Waals surface area contributed by atoms with E-state index in [1.807, 2.05) is 6.07 Å². The Kier molecular flexibility index (Phi) is 5.78. The third kappa shape index (κ3) is 4.74. The molecular formula is C18H19N3O3. The van der Waals surface area contributed by atoms with Crippen molar-refractivity contribution in [3.8, 4) is 0 Å². The number of pyridine rings is 1. The molecule has 0 unspecified atom stereocenters. The van der Waals surface area contributed by atoms with Crippen molar-refractivity contribution in [2.24, 2.45) is 0 Å². The van der Waals surface area contributed by atoms with E-state index in [2.05, 4.69) is 10.3 Å². The van der Waals surface area contributed by atoms with E-state index in [4.69, 9.17) is 0 Å². The fourth-order valence-corrected chi connectivity index (χ4v) is 2.18. The highest BCUT2D eigenvalue weighted by molar-refractivity contribution is 6.00. The number of amides is 2. The Hall–Kier alpha value is -3.02. The highest BCUT2D eigenvalue weighted by atomic mass is 16.2. The van der Waals surface area contributed by atoms with Gasteiger partial charge in [-0.2, -0.15) is 0 Å². The second kappa shape index (κ2) is 8.01. The summed E-state index contributed by atoms with van der Waals surface area (Å²) >= 11 is 0. The maximum atomic E-state index is 12.1. The number of anilines is 1. The molecule has 0 bridgehead atoms. The molecule has 1 heterocycles. The van der Waals surface area contributed by atoms with Crippen LogP contribution in [0, 0.1) is 0 Å². The molecule has 1 aromatic heterocycles. The zero-order valence-corrected chi connectivity index (χ0v) is 13.7. The number of benzene rings is 1. The SMILES string of the molecule is CC(=O)c1cccc(N(CC(=O)NCc2cccnc2)C(C)=O)c1. The monoisotopic (exact) mass is 325 g/mol. The summed E-state index contributed by atoms with van der Waals surface area (Å²) < 4.78 is 0. The van der Waals surface area contributed by atoms with E-state index in [-0.39, 0.29) is 24.1 Å². The number of carbonyl (C=O) groups excluding carboxylic acids is 3. The molecule has 0 radical (unpaired) electrons. The van der Waals surface area contributed by atoms with Crippen LogP contribution in [0.15, 0.2) is 48.8 Å². The Labute approximate surface area is 140 Å². The molecule has 0 aliphatic heterocycles. The van der Waals surface area contributed by atoms with Gasteiger partial charge in [-0.3, -0.25) is 19.4 Å². The maximum Gasteiger partial charge on any atom is 0.240 e. The Morgan fingerprint density at radius 1 is 1.12 bits per heavy atom. The first-order valence-corrected chi connectivity index (χ1v) is 7.52. The van der Waals surface area contributed by atoms with Crippen molar-refractivity contribution >= 4 is 23.3 Å². The number of hydrogen-bond acceptors (Lipinski definition) is 4. The van der Waals surface area contributed by atoms with Crippen molar-refractivity contribution in [2.45, 2.75) is 20.4 Å². The van der Waals surface area contributed by atoms with Crippen LogP contribution in [0.4, 0.5) is 5.69 Å². The number of ketones is 1. The van der Waals surface area contributed by atoms with Crippen LogP contribution in [-0.4, -0.2) is 29.1 Å². The van der Waals surface area contributed by atoms with Crippen LogP contribution >= 0.6 is 0 Å². The van der Waals surface area contributed by atoms with Gasteiger partial charge in [0.2, 0.25) is 11.8 Å². The molecule has 0 aliphatic rings.